The number of rotatable bonds is 2. The van der Waals surface area contributed by atoms with Crippen LogP contribution in [0.1, 0.15) is 29.5 Å². The molecule has 1 aromatic rings. The van der Waals surface area contributed by atoms with Crippen LogP contribution in [-0.4, -0.2) is 11.2 Å². The summed E-state index contributed by atoms with van der Waals surface area (Å²) < 4.78 is 1.18. The van der Waals surface area contributed by atoms with Gasteiger partial charge in [-0.3, -0.25) is 0 Å². The van der Waals surface area contributed by atoms with Crippen molar-refractivity contribution in [1.29, 1.82) is 0 Å². The molecule has 0 spiro atoms. The van der Waals surface area contributed by atoms with Crippen molar-refractivity contribution in [3.63, 3.8) is 0 Å². The van der Waals surface area contributed by atoms with Crippen LogP contribution in [0, 0.1) is 6.92 Å². The second-order valence-electron chi connectivity index (χ2n) is 3.85. The van der Waals surface area contributed by atoms with E-state index in [0.29, 0.717) is 0 Å². The molecule has 0 radical (unpaired) electrons. The van der Waals surface area contributed by atoms with E-state index in [1.165, 1.54) is 14.2 Å². The fourth-order valence-corrected chi connectivity index (χ4v) is 3.57. The van der Waals surface area contributed by atoms with Crippen molar-refractivity contribution in [3.05, 3.63) is 20.3 Å². The highest BCUT2D eigenvalue weighted by Gasteiger charge is 2.49. The lowest BCUT2D eigenvalue weighted by Crippen LogP contribution is -2.21. The van der Waals surface area contributed by atoms with Crippen LogP contribution >= 0.6 is 27.3 Å². The highest BCUT2D eigenvalue weighted by Crippen LogP contribution is 2.54. The van der Waals surface area contributed by atoms with Gasteiger partial charge in [0, 0.05) is 19.6 Å². The molecule has 1 unspecified atom stereocenters. The van der Waals surface area contributed by atoms with E-state index in [9.17, 15) is 5.11 Å². The summed E-state index contributed by atoms with van der Waals surface area (Å²) in [6.45, 7) is 4.01. The van der Waals surface area contributed by atoms with Gasteiger partial charge >= 0.3 is 0 Å². The Morgan fingerprint density at radius 1 is 1.62 bits per heavy atom. The zero-order valence-corrected chi connectivity index (χ0v) is 10.2. The topological polar surface area (TPSA) is 20.2 Å². The molecular weight excluding hydrogens is 248 g/mol. The lowest BCUT2D eigenvalue weighted by molar-refractivity contribution is 0.152. The predicted molar refractivity (Wildman–Crippen MR) is 59.3 cm³/mol. The number of halogens is 1. The molecule has 3 heteroatoms. The Hall–Kier alpha value is 0.140. The molecule has 0 bridgehead atoms. The van der Waals surface area contributed by atoms with Crippen molar-refractivity contribution in [2.75, 3.05) is 0 Å². The largest absolute Gasteiger partial charge is 0.392 e. The molecule has 1 heterocycles. The molecule has 1 aliphatic rings. The van der Waals surface area contributed by atoms with Crippen molar-refractivity contribution in [2.24, 2.45) is 0 Å². The average molecular weight is 261 g/mol. The maximum absolute atomic E-state index is 9.69. The SMILES string of the molecule is Cc1sc(C2(C(C)O)CC2)cc1Br. The van der Waals surface area contributed by atoms with Gasteiger partial charge in [0.05, 0.1) is 6.10 Å². The minimum atomic E-state index is -0.211. The minimum absolute atomic E-state index is 0.0987. The molecule has 1 saturated carbocycles. The van der Waals surface area contributed by atoms with Crippen LogP contribution in [-0.2, 0) is 5.41 Å². The first kappa shape index (κ1) is 9.69. The maximum atomic E-state index is 9.69. The monoisotopic (exact) mass is 260 g/mol. The number of aliphatic hydroxyl groups excluding tert-OH is 1. The number of hydrogen-bond acceptors (Lipinski definition) is 2. The molecule has 0 aliphatic heterocycles. The fraction of sp³-hybridized carbons (Fsp3) is 0.600. The van der Waals surface area contributed by atoms with E-state index in [1.54, 1.807) is 11.3 Å². The van der Waals surface area contributed by atoms with Crippen molar-refractivity contribution in [1.82, 2.24) is 0 Å². The Kier molecular flexibility index (Phi) is 2.29. The summed E-state index contributed by atoms with van der Waals surface area (Å²) in [5.74, 6) is 0. The van der Waals surface area contributed by atoms with Crippen LogP contribution in [0.2, 0.25) is 0 Å². The number of hydrogen-bond donors (Lipinski definition) is 1. The van der Waals surface area contributed by atoms with E-state index in [-0.39, 0.29) is 11.5 Å². The molecule has 0 saturated heterocycles. The van der Waals surface area contributed by atoms with Gasteiger partial charge < -0.3 is 5.11 Å². The normalized spacial score (nSPS) is 21.5. The molecule has 1 aromatic heterocycles. The molecule has 0 aromatic carbocycles. The van der Waals surface area contributed by atoms with Gasteiger partial charge in [0.25, 0.3) is 0 Å². The first-order chi connectivity index (χ1) is 6.06. The second-order valence-corrected chi connectivity index (χ2v) is 5.96. The standard InChI is InChI=1S/C10H13BrOS/c1-6-8(11)5-9(13-6)10(3-4-10)7(2)12/h5,7,12H,3-4H2,1-2H3. The van der Waals surface area contributed by atoms with E-state index in [1.807, 2.05) is 6.92 Å². The van der Waals surface area contributed by atoms with Crippen LogP contribution < -0.4 is 0 Å². The lowest BCUT2D eigenvalue weighted by Gasteiger charge is -2.16. The van der Waals surface area contributed by atoms with Gasteiger partial charge in [-0.25, -0.2) is 0 Å². The summed E-state index contributed by atoms with van der Waals surface area (Å²) in [6.07, 6.45) is 2.06. The summed E-state index contributed by atoms with van der Waals surface area (Å²) >= 11 is 5.32. The van der Waals surface area contributed by atoms with Crippen LogP contribution in [0.15, 0.2) is 10.5 Å². The van der Waals surface area contributed by atoms with Crippen LogP contribution in [0.3, 0.4) is 0 Å². The van der Waals surface area contributed by atoms with E-state index in [0.717, 1.165) is 12.8 Å². The minimum Gasteiger partial charge on any atom is -0.392 e. The smallest absolute Gasteiger partial charge is 0.0616 e. The quantitative estimate of drug-likeness (QED) is 0.866. The zero-order valence-electron chi connectivity index (χ0n) is 7.80. The van der Waals surface area contributed by atoms with Gasteiger partial charge in [0.15, 0.2) is 0 Å². The molecule has 1 nitrogen and oxygen atoms in total. The maximum Gasteiger partial charge on any atom is 0.0616 e. The molecular formula is C10H13BrOS. The molecule has 1 fully saturated rings. The van der Waals surface area contributed by atoms with Gasteiger partial charge in [0.1, 0.15) is 0 Å². The Morgan fingerprint density at radius 2 is 2.23 bits per heavy atom. The molecule has 1 atom stereocenters. The Bertz CT molecular complexity index is 306. The van der Waals surface area contributed by atoms with E-state index >= 15 is 0 Å². The zero-order chi connectivity index (χ0) is 9.64. The predicted octanol–water partition coefficient (Wildman–Crippen LogP) is 3.23. The number of aryl methyl sites for hydroxylation is 1. The lowest BCUT2D eigenvalue weighted by atomic mass is 9.99. The van der Waals surface area contributed by atoms with Gasteiger partial charge in [-0.05, 0) is 48.7 Å². The molecule has 0 amide bonds. The van der Waals surface area contributed by atoms with Crippen molar-refractivity contribution >= 4 is 27.3 Å². The van der Waals surface area contributed by atoms with Gasteiger partial charge in [0.2, 0.25) is 0 Å². The summed E-state index contributed by atoms with van der Waals surface area (Å²) in [5.41, 5.74) is 0.0987. The number of thiophene rings is 1. The molecule has 1 N–H and O–H groups in total. The molecule has 13 heavy (non-hydrogen) atoms. The third kappa shape index (κ3) is 1.47. The highest BCUT2D eigenvalue weighted by atomic mass is 79.9. The molecule has 2 rings (SSSR count). The first-order valence-corrected chi connectivity index (χ1v) is 6.12. The summed E-state index contributed by atoms with van der Waals surface area (Å²) in [6, 6.07) is 2.17. The summed E-state index contributed by atoms with van der Waals surface area (Å²) in [5, 5.41) is 9.69. The van der Waals surface area contributed by atoms with Crippen molar-refractivity contribution in [3.8, 4) is 0 Å². The average Bonchev–Trinajstić information content (AvgIpc) is 2.77. The van der Waals surface area contributed by atoms with E-state index in [2.05, 4.69) is 28.9 Å². The third-order valence-corrected chi connectivity index (χ3v) is 5.29. The van der Waals surface area contributed by atoms with E-state index in [4.69, 9.17) is 0 Å². The first-order valence-electron chi connectivity index (χ1n) is 4.51. The summed E-state index contributed by atoms with van der Waals surface area (Å²) in [4.78, 5) is 2.65. The van der Waals surface area contributed by atoms with E-state index < -0.39 is 0 Å². The van der Waals surface area contributed by atoms with Gasteiger partial charge in [-0.15, -0.1) is 11.3 Å². The van der Waals surface area contributed by atoms with Gasteiger partial charge in [-0.2, -0.15) is 0 Å². The molecule has 72 valence electrons. The fourth-order valence-electron chi connectivity index (χ4n) is 1.71. The number of aliphatic hydroxyl groups is 1. The Balaban J connectivity index is 2.36. The highest BCUT2D eigenvalue weighted by molar-refractivity contribution is 9.10. The third-order valence-electron chi connectivity index (χ3n) is 2.94. The molecule has 1 aliphatic carbocycles. The summed E-state index contributed by atoms with van der Waals surface area (Å²) in [7, 11) is 0. The van der Waals surface area contributed by atoms with Crippen LogP contribution in [0.25, 0.3) is 0 Å². The van der Waals surface area contributed by atoms with Crippen LogP contribution in [0.4, 0.5) is 0 Å². The van der Waals surface area contributed by atoms with Gasteiger partial charge in [-0.1, -0.05) is 0 Å². The second kappa shape index (κ2) is 3.07. The van der Waals surface area contributed by atoms with Crippen LogP contribution in [0.5, 0.6) is 0 Å². The van der Waals surface area contributed by atoms with Crippen molar-refractivity contribution < 1.29 is 5.11 Å². The Labute approximate surface area is 90.9 Å². The Morgan fingerprint density at radius 3 is 2.54 bits per heavy atom. The van der Waals surface area contributed by atoms with Crippen molar-refractivity contribution in [2.45, 2.75) is 38.2 Å².